The Morgan fingerprint density at radius 2 is 1.67 bits per heavy atom. The highest BCUT2D eigenvalue weighted by molar-refractivity contribution is 7.89. The van der Waals surface area contributed by atoms with Gasteiger partial charge in [0.1, 0.15) is 4.90 Å². The van der Waals surface area contributed by atoms with Crippen LogP contribution in [0, 0.1) is 0 Å². The molecule has 0 unspecified atom stereocenters. The summed E-state index contributed by atoms with van der Waals surface area (Å²) in [6.07, 6.45) is 0. The van der Waals surface area contributed by atoms with Crippen molar-refractivity contribution in [3.63, 3.8) is 0 Å². The van der Waals surface area contributed by atoms with E-state index in [0.717, 1.165) is 0 Å². The van der Waals surface area contributed by atoms with Gasteiger partial charge >= 0.3 is 0 Å². The molecule has 1 aromatic carbocycles. The number of piperazine rings is 1. The monoisotopic (exact) mass is 368 g/mol. The van der Waals surface area contributed by atoms with Gasteiger partial charge in [0.05, 0.1) is 10.0 Å². The third-order valence-electron chi connectivity index (χ3n) is 3.24. The summed E-state index contributed by atoms with van der Waals surface area (Å²) in [4.78, 5) is 2.03. The fraction of sp³-hybridized carbons (Fsp3) is 0.385. The largest absolute Gasteiger partial charge is 0.296 e. The molecule has 21 heavy (non-hydrogen) atoms. The summed E-state index contributed by atoms with van der Waals surface area (Å²) in [6, 6.07) is 4.66. The third kappa shape index (κ3) is 3.92. The zero-order valence-corrected chi connectivity index (χ0v) is 14.3. The minimum Gasteiger partial charge on any atom is -0.296 e. The lowest BCUT2D eigenvalue weighted by Crippen LogP contribution is -2.48. The molecule has 0 atom stereocenters. The number of nitrogens with zero attached hydrogens (tertiary/aromatic N) is 2. The van der Waals surface area contributed by atoms with Crippen LogP contribution in [-0.4, -0.2) is 50.3 Å². The molecule has 0 N–H and O–H groups in total. The predicted molar refractivity (Wildman–Crippen MR) is 86.7 cm³/mol. The first-order valence-corrected chi connectivity index (χ1v) is 8.89. The molecule has 1 heterocycles. The molecule has 2 rings (SSSR count). The van der Waals surface area contributed by atoms with Gasteiger partial charge in [-0.3, -0.25) is 4.90 Å². The molecule has 8 heteroatoms. The molecule has 1 aromatic rings. The Morgan fingerprint density at radius 1 is 1.14 bits per heavy atom. The van der Waals surface area contributed by atoms with E-state index in [1.54, 1.807) is 6.07 Å². The Morgan fingerprint density at radius 3 is 2.14 bits per heavy atom. The van der Waals surface area contributed by atoms with Crippen LogP contribution in [0.15, 0.2) is 34.7 Å². The first-order chi connectivity index (χ1) is 9.82. The highest BCUT2D eigenvalue weighted by Crippen LogP contribution is 2.31. The number of rotatable bonds is 4. The summed E-state index contributed by atoms with van der Waals surface area (Å²) in [5.41, 5.74) is 0. The second-order valence-electron chi connectivity index (χ2n) is 4.75. The maximum absolute atomic E-state index is 12.7. The van der Waals surface area contributed by atoms with Crippen LogP contribution in [0.5, 0.6) is 0 Å². The van der Waals surface area contributed by atoms with Crippen molar-refractivity contribution >= 4 is 44.8 Å². The van der Waals surface area contributed by atoms with Crippen molar-refractivity contribution in [2.45, 2.75) is 4.90 Å². The molecule has 1 saturated heterocycles. The van der Waals surface area contributed by atoms with Gasteiger partial charge in [-0.15, -0.1) is 0 Å². The van der Waals surface area contributed by atoms with Gasteiger partial charge in [0.2, 0.25) is 10.0 Å². The summed E-state index contributed by atoms with van der Waals surface area (Å²) < 4.78 is 26.7. The molecular weight excluding hydrogens is 355 g/mol. The molecule has 0 saturated carbocycles. The molecule has 1 aliphatic heterocycles. The molecular formula is C13H15Cl3N2O2S. The standard InChI is InChI=1S/C13H15Cl3N2O2S/c1-10(14)9-17-5-7-18(8-6-17)21(19,20)13-11(15)3-2-4-12(13)16/h2-4H,1,5-9H2. The predicted octanol–water partition coefficient (Wildman–Crippen LogP) is 3.05. The molecule has 0 spiro atoms. The van der Waals surface area contributed by atoms with Crippen molar-refractivity contribution in [2.75, 3.05) is 32.7 Å². The smallest absolute Gasteiger partial charge is 0.246 e. The quantitative estimate of drug-likeness (QED) is 0.819. The summed E-state index contributed by atoms with van der Waals surface area (Å²) in [7, 11) is -3.69. The number of benzene rings is 1. The second-order valence-corrected chi connectivity index (χ2v) is 7.97. The van der Waals surface area contributed by atoms with Gasteiger partial charge in [0, 0.05) is 37.8 Å². The van der Waals surface area contributed by atoms with Crippen LogP contribution in [0.1, 0.15) is 0 Å². The van der Waals surface area contributed by atoms with Crippen molar-refractivity contribution in [3.05, 3.63) is 39.9 Å². The maximum atomic E-state index is 12.7. The van der Waals surface area contributed by atoms with E-state index in [1.807, 2.05) is 0 Å². The van der Waals surface area contributed by atoms with Gasteiger partial charge in [0.25, 0.3) is 0 Å². The molecule has 1 aliphatic rings. The lowest BCUT2D eigenvalue weighted by atomic mass is 10.3. The average molecular weight is 370 g/mol. The Bertz CT molecular complexity index is 621. The van der Waals surface area contributed by atoms with E-state index in [4.69, 9.17) is 34.8 Å². The molecule has 0 radical (unpaired) electrons. The Labute approximate surface area is 139 Å². The first-order valence-electron chi connectivity index (χ1n) is 6.32. The van der Waals surface area contributed by atoms with E-state index in [0.29, 0.717) is 37.8 Å². The van der Waals surface area contributed by atoms with Gasteiger partial charge in [0.15, 0.2) is 0 Å². The minimum absolute atomic E-state index is 0.0245. The van der Waals surface area contributed by atoms with E-state index in [-0.39, 0.29) is 14.9 Å². The summed E-state index contributed by atoms with van der Waals surface area (Å²) in [6.45, 7) is 6.12. The molecule has 0 amide bonds. The van der Waals surface area contributed by atoms with Gasteiger partial charge in [-0.2, -0.15) is 4.31 Å². The topological polar surface area (TPSA) is 40.6 Å². The minimum atomic E-state index is -3.69. The second kappa shape index (κ2) is 6.86. The SMILES string of the molecule is C=C(Cl)CN1CCN(S(=O)(=O)c2c(Cl)cccc2Cl)CC1. The van der Waals surface area contributed by atoms with Crippen LogP contribution in [0.25, 0.3) is 0 Å². The lowest BCUT2D eigenvalue weighted by Gasteiger charge is -2.34. The van der Waals surface area contributed by atoms with E-state index in [9.17, 15) is 8.42 Å². The molecule has 0 aromatic heterocycles. The number of halogens is 3. The Balaban J connectivity index is 2.17. The highest BCUT2D eigenvalue weighted by atomic mass is 35.5. The molecule has 1 fully saturated rings. The fourth-order valence-electron chi connectivity index (χ4n) is 2.23. The third-order valence-corrected chi connectivity index (χ3v) is 6.22. The van der Waals surface area contributed by atoms with Crippen molar-refractivity contribution < 1.29 is 8.42 Å². The van der Waals surface area contributed by atoms with Gasteiger partial charge in [-0.25, -0.2) is 8.42 Å². The Hall–Kier alpha value is -0.300. The van der Waals surface area contributed by atoms with Gasteiger partial charge in [-0.1, -0.05) is 47.4 Å². The van der Waals surface area contributed by atoms with E-state index >= 15 is 0 Å². The summed E-state index contributed by atoms with van der Waals surface area (Å²) in [5, 5.41) is 0.818. The van der Waals surface area contributed by atoms with Crippen LogP contribution in [0.3, 0.4) is 0 Å². The summed E-state index contributed by atoms with van der Waals surface area (Å²) >= 11 is 17.8. The maximum Gasteiger partial charge on any atom is 0.246 e. The number of sulfonamides is 1. The van der Waals surface area contributed by atoms with Crippen LogP contribution in [0.2, 0.25) is 10.0 Å². The molecule has 0 aliphatic carbocycles. The van der Waals surface area contributed by atoms with Crippen molar-refractivity contribution in [1.82, 2.24) is 9.21 Å². The van der Waals surface area contributed by atoms with E-state index < -0.39 is 10.0 Å². The Kier molecular flexibility index (Phi) is 5.57. The molecule has 116 valence electrons. The van der Waals surface area contributed by atoms with E-state index in [1.165, 1.54) is 16.4 Å². The van der Waals surface area contributed by atoms with Gasteiger partial charge < -0.3 is 0 Å². The highest BCUT2D eigenvalue weighted by Gasteiger charge is 2.31. The normalized spacial score (nSPS) is 17.9. The van der Waals surface area contributed by atoms with Crippen LogP contribution >= 0.6 is 34.8 Å². The van der Waals surface area contributed by atoms with Crippen LogP contribution in [0.4, 0.5) is 0 Å². The van der Waals surface area contributed by atoms with Crippen LogP contribution in [-0.2, 0) is 10.0 Å². The van der Waals surface area contributed by atoms with E-state index in [2.05, 4.69) is 11.5 Å². The number of hydrogen-bond acceptors (Lipinski definition) is 3. The summed E-state index contributed by atoms with van der Waals surface area (Å²) in [5.74, 6) is 0. The van der Waals surface area contributed by atoms with Gasteiger partial charge in [-0.05, 0) is 12.1 Å². The zero-order chi connectivity index (χ0) is 15.6. The van der Waals surface area contributed by atoms with Crippen molar-refractivity contribution in [1.29, 1.82) is 0 Å². The number of hydrogen-bond donors (Lipinski definition) is 0. The average Bonchev–Trinajstić information content (AvgIpc) is 2.38. The zero-order valence-electron chi connectivity index (χ0n) is 11.2. The van der Waals surface area contributed by atoms with Crippen molar-refractivity contribution in [2.24, 2.45) is 0 Å². The molecule has 4 nitrogen and oxygen atoms in total. The van der Waals surface area contributed by atoms with Crippen molar-refractivity contribution in [3.8, 4) is 0 Å². The molecule has 0 bridgehead atoms. The fourth-order valence-corrected chi connectivity index (χ4v) is 4.91. The lowest BCUT2D eigenvalue weighted by molar-refractivity contribution is 0.203. The first kappa shape index (κ1) is 17.1. The van der Waals surface area contributed by atoms with Crippen LogP contribution < -0.4 is 0 Å².